The predicted octanol–water partition coefficient (Wildman–Crippen LogP) is 2.62. The van der Waals surface area contributed by atoms with E-state index in [1.807, 2.05) is 13.0 Å². The van der Waals surface area contributed by atoms with Crippen LogP contribution < -0.4 is 5.32 Å². The summed E-state index contributed by atoms with van der Waals surface area (Å²) in [4.78, 5) is 14.3. The summed E-state index contributed by atoms with van der Waals surface area (Å²) >= 11 is 0. The Balaban J connectivity index is 1.46. The van der Waals surface area contributed by atoms with Crippen molar-refractivity contribution >= 4 is 5.91 Å². The normalized spacial score (nSPS) is 18.0. The number of hydrogen-bond acceptors (Lipinski definition) is 4. The highest BCUT2D eigenvalue weighted by Crippen LogP contribution is 2.30. The molecule has 1 aromatic carbocycles. The van der Waals surface area contributed by atoms with Crippen LogP contribution in [0.4, 0.5) is 4.39 Å². The number of carbonyl (C=O) groups is 1. The SMILES string of the molecule is Cc1cc([C@H]2CCCN2CC(=O)NCCc2ccc(F)cc2)no1. The quantitative estimate of drug-likeness (QED) is 0.884. The average molecular weight is 331 g/mol. The van der Waals surface area contributed by atoms with Crippen molar-refractivity contribution in [2.24, 2.45) is 0 Å². The van der Waals surface area contributed by atoms with Crippen LogP contribution in [0.5, 0.6) is 0 Å². The minimum Gasteiger partial charge on any atom is -0.361 e. The summed E-state index contributed by atoms with van der Waals surface area (Å²) in [6.45, 7) is 3.67. The van der Waals surface area contributed by atoms with Gasteiger partial charge in [-0.05, 0) is 50.4 Å². The van der Waals surface area contributed by atoms with E-state index in [9.17, 15) is 9.18 Å². The highest BCUT2D eigenvalue weighted by molar-refractivity contribution is 5.78. The molecule has 24 heavy (non-hydrogen) atoms. The van der Waals surface area contributed by atoms with Gasteiger partial charge >= 0.3 is 0 Å². The van der Waals surface area contributed by atoms with Gasteiger partial charge in [0.05, 0.1) is 12.6 Å². The maximum atomic E-state index is 12.9. The van der Waals surface area contributed by atoms with Crippen LogP contribution in [0, 0.1) is 12.7 Å². The number of aryl methyl sites for hydroxylation is 1. The topological polar surface area (TPSA) is 58.4 Å². The van der Waals surface area contributed by atoms with E-state index in [1.54, 1.807) is 12.1 Å². The minimum absolute atomic E-state index is 0.00392. The van der Waals surface area contributed by atoms with Gasteiger partial charge in [0.15, 0.2) is 0 Å². The summed E-state index contributed by atoms with van der Waals surface area (Å²) in [7, 11) is 0. The lowest BCUT2D eigenvalue weighted by Gasteiger charge is -2.21. The lowest BCUT2D eigenvalue weighted by atomic mass is 10.1. The maximum Gasteiger partial charge on any atom is 0.234 e. The molecule has 1 aliphatic rings. The summed E-state index contributed by atoms with van der Waals surface area (Å²) in [5, 5.41) is 7.02. The van der Waals surface area contributed by atoms with Crippen molar-refractivity contribution in [3.63, 3.8) is 0 Å². The van der Waals surface area contributed by atoms with E-state index < -0.39 is 0 Å². The van der Waals surface area contributed by atoms with Crippen molar-refractivity contribution in [3.8, 4) is 0 Å². The lowest BCUT2D eigenvalue weighted by molar-refractivity contribution is -0.122. The summed E-state index contributed by atoms with van der Waals surface area (Å²) in [5.74, 6) is 0.552. The van der Waals surface area contributed by atoms with Gasteiger partial charge < -0.3 is 9.84 Å². The molecule has 128 valence electrons. The maximum absolute atomic E-state index is 12.9. The Morgan fingerprint density at radius 2 is 2.21 bits per heavy atom. The zero-order valence-corrected chi connectivity index (χ0v) is 13.8. The fourth-order valence-corrected chi connectivity index (χ4v) is 3.13. The van der Waals surface area contributed by atoms with E-state index in [2.05, 4.69) is 15.4 Å². The number of amides is 1. The second kappa shape index (κ2) is 7.57. The molecule has 0 unspecified atom stereocenters. The first-order chi connectivity index (χ1) is 11.6. The largest absolute Gasteiger partial charge is 0.361 e. The molecule has 1 N–H and O–H groups in total. The van der Waals surface area contributed by atoms with Crippen molar-refractivity contribution in [3.05, 3.63) is 53.2 Å². The monoisotopic (exact) mass is 331 g/mol. The number of nitrogens with one attached hydrogen (secondary N) is 1. The first kappa shape index (κ1) is 16.6. The van der Waals surface area contributed by atoms with Crippen LogP contribution in [-0.4, -0.2) is 35.6 Å². The van der Waals surface area contributed by atoms with Gasteiger partial charge in [-0.3, -0.25) is 9.69 Å². The third kappa shape index (κ3) is 4.20. The van der Waals surface area contributed by atoms with Gasteiger partial charge in [0.25, 0.3) is 0 Å². The molecule has 1 amide bonds. The van der Waals surface area contributed by atoms with Gasteiger partial charge in [0, 0.05) is 12.6 Å². The number of halogens is 1. The Labute approximate surface area is 140 Å². The van der Waals surface area contributed by atoms with Gasteiger partial charge in [-0.2, -0.15) is 0 Å². The van der Waals surface area contributed by atoms with Crippen LogP contribution >= 0.6 is 0 Å². The van der Waals surface area contributed by atoms with Gasteiger partial charge in [-0.1, -0.05) is 17.3 Å². The third-order valence-corrected chi connectivity index (χ3v) is 4.35. The summed E-state index contributed by atoms with van der Waals surface area (Å²) in [6.07, 6.45) is 2.74. The van der Waals surface area contributed by atoms with Crippen LogP contribution in [0.15, 0.2) is 34.9 Å². The summed E-state index contributed by atoms with van der Waals surface area (Å²) in [6, 6.07) is 8.45. The molecule has 0 aliphatic carbocycles. The molecule has 2 aromatic rings. The van der Waals surface area contributed by atoms with E-state index in [0.29, 0.717) is 19.5 Å². The third-order valence-electron chi connectivity index (χ3n) is 4.35. The van der Waals surface area contributed by atoms with Crippen molar-refractivity contribution < 1.29 is 13.7 Å². The Kier molecular flexibility index (Phi) is 5.25. The average Bonchev–Trinajstić information content (AvgIpc) is 3.18. The van der Waals surface area contributed by atoms with Crippen molar-refractivity contribution in [1.29, 1.82) is 0 Å². The smallest absolute Gasteiger partial charge is 0.234 e. The first-order valence-electron chi connectivity index (χ1n) is 8.30. The molecule has 0 saturated carbocycles. The van der Waals surface area contributed by atoms with Gasteiger partial charge in [-0.25, -0.2) is 4.39 Å². The molecule has 1 saturated heterocycles. The number of hydrogen-bond donors (Lipinski definition) is 1. The molecule has 0 bridgehead atoms. The zero-order valence-electron chi connectivity index (χ0n) is 13.8. The predicted molar refractivity (Wildman–Crippen MR) is 87.9 cm³/mol. The van der Waals surface area contributed by atoms with Crippen molar-refractivity contribution in [2.75, 3.05) is 19.6 Å². The zero-order chi connectivity index (χ0) is 16.9. The Morgan fingerprint density at radius 3 is 2.92 bits per heavy atom. The van der Waals surface area contributed by atoms with Crippen molar-refractivity contribution in [2.45, 2.75) is 32.2 Å². The molecule has 5 nitrogen and oxygen atoms in total. The Morgan fingerprint density at radius 1 is 1.42 bits per heavy atom. The van der Waals surface area contributed by atoms with E-state index in [4.69, 9.17) is 4.52 Å². The summed E-state index contributed by atoms with van der Waals surface area (Å²) < 4.78 is 18.0. The van der Waals surface area contributed by atoms with E-state index >= 15 is 0 Å². The van der Waals surface area contributed by atoms with Crippen LogP contribution in [0.2, 0.25) is 0 Å². The molecule has 1 aromatic heterocycles. The van der Waals surface area contributed by atoms with E-state index in [-0.39, 0.29) is 17.8 Å². The molecule has 2 heterocycles. The first-order valence-corrected chi connectivity index (χ1v) is 8.30. The summed E-state index contributed by atoms with van der Waals surface area (Å²) in [5.41, 5.74) is 1.91. The van der Waals surface area contributed by atoms with Gasteiger partial charge in [-0.15, -0.1) is 0 Å². The number of carbonyl (C=O) groups excluding carboxylic acids is 1. The molecular formula is C18H22FN3O2. The van der Waals surface area contributed by atoms with Gasteiger partial charge in [0.1, 0.15) is 17.3 Å². The van der Waals surface area contributed by atoms with Gasteiger partial charge in [0.2, 0.25) is 5.91 Å². The molecule has 1 aliphatic heterocycles. The highest BCUT2D eigenvalue weighted by atomic mass is 19.1. The molecule has 0 spiro atoms. The van der Waals surface area contributed by atoms with Crippen LogP contribution in [0.3, 0.4) is 0 Å². The number of rotatable bonds is 6. The van der Waals surface area contributed by atoms with Crippen LogP contribution in [0.1, 0.15) is 35.9 Å². The van der Waals surface area contributed by atoms with Crippen LogP contribution in [0.25, 0.3) is 0 Å². The number of benzene rings is 1. The minimum atomic E-state index is -0.244. The number of nitrogens with zero attached hydrogens (tertiary/aromatic N) is 2. The second-order valence-electron chi connectivity index (χ2n) is 6.22. The fraction of sp³-hybridized carbons (Fsp3) is 0.444. The van der Waals surface area contributed by atoms with E-state index in [0.717, 1.165) is 36.4 Å². The number of likely N-dealkylation sites (tertiary alicyclic amines) is 1. The highest BCUT2D eigenvalue weighted by Gasteiger charge is 2.29. The Hall–Kier alpha value is -2.21. The molecule has 1 atom stereocenters. The van der Waals surface area contributed by atoms with Crippen LogP contribution in [-0.2, 0) is 11.2 Å². The standard InChI is InChI=1S/C18H22FN3O2/c1-13-11-16(21-24-13)17-3-2-10-22(17)12-18(23)20-9-8-14-4-6-15(19)7-5-14/h4-7,11,17H,2-3,8-10,12H2,1H3,(H,20,23)/t17-/m1/s1. The lowest BCUT2D eigenvalue weighted by Crippen LogP contribution is -2.37. The molecular weight excluding hydrogens is 309 g/mol. The molecule has 6 heteroatoms. The Bertz CT molecular complexity index is 684. The number of aromatic nitrogens is 1. The van der Waals surface area contributed by atoms with Crippen molar-refractivity contribution in [1.82, 2.24) is 15.4 Å². The molecule has 3 rings (SSSR count). The van der Waals surface area contributed by atoms with E-state index in [1.165, 1.54) is 12.1 Å². The fourth-order valence-electron chi connectivity index (χ4n) is 3.13. The second-order valence-corrected chi connectivity index (χ2v) is 6.22. The molecule has 0 radical (unpaired) electrons. The molecule has 1 fully saturated rings.